The zero-order chi connectivity index (χ0) is 48.0. The lowest BCUT2D eigenvalue weighted by Crippen LogP contribution is -2.50. The molecule has 0 aromatic carbocycles. The van der Waals surface area contributed by atoms with Crippen molar-refractivity contribution in [2.75, 3.05) is 52.4 Å². The van der Waals surface area contributed by atoms with Gasteiger partial charge in [-0.15, -0.1) is 0 Å². The Hall–Kier alpha value is -0.0800. The first-order valence-electron chi connectivity index (χ1n) is 32.3. The SMILES string of the molecule is CCCCCCCCCCCC[N+](CC)(CCCCCCCCCCCC)CCCCCCCCCCCC[N+](CC)(CCCCCCCCCCCC)CCCCCCCCCCCC. The third-order valence-electron chi connectivity index (χ3n) is 16.8. The van der Waals surface area contributed by atoms with Crippen LogP contribution in [0.25, 0.3) is 0 Å². The van der Waals surface area contributed by atoms with Crippen LogP contribution in [0.2, 0.25) is 0 Å². The topological polar surface area (TPSA) is 0 Å². The van der Waals surface area contributed by atoms with Gasteiger partial charge in [0.05, 0.1) is 52.4 Å². The monoisotopic (exact) mass is 931 g/mol. The molecular formula is C64H134N2+2. The molecular weight excluding hydrogens is 797 g/mol. The summed E-state index contributed by atoms with van der Waals surface area (Å²) >= 11 is 0. The van der Waals surface area contributed by atoms with Gasteiger partial charge in [0.25, 0.3) is 0 Å². The van der Waals surface area contributed by atoms with Crippen LogP contribution in [0, 0.1) is 0 Å². The van der Waals surface area contributed by atoms with Crippen molar-refractivity contribution in [2.24, 2.45) is 0 Å². The average molecular weight is 932 g/mol. The number of unbranched alkanes of at least 4 members (excludes halogenated alkanes) is 45. The maximum atomic E-state index is 2.53. The van der Waals surface area contributed by atoms with Gasteiger partial charge in [0, 0.05) is 0 Å². The van der Waals surface area contributed by atoms with E-state index in [9.17, 15) is 0 Å². The van der Waals surface area contributed by atoms with Crippen LogP contribution >= 0.6 is 0 Å². The quantitative estimate of drug-likeness (QED) is 0.0421. The van der Waals surface area contributed by atoms with Gasteiger partial charge in [-0.3, -0.25) is 0 Å². The van der Waals surface area contributed by atoms with Crippen LogP contribution in [-0.2, 0) is 0 Å². The maximum Gasteiger partial charge on any atom is 0.0786 e. The van der Waals surface area contributed by atoms with Crippen LogP contribution < -0.4 is 0 Å². The van der Waals surface area contributed by atoms with E-state index in [0.717, 1.165) is 0 Å². The van der Waals surface area contributed by atoms with Gasteiger partial charge in [-0.2, -0.15) is 0 Å². The van der Waals surface area contributed by atoms with Gasteiger partial charge >= 0.3 is 0 Å². The lowest BCUT2D eigenvalue weighted by molar-refractivity contribution is -0.927. The van der Waals surface area contributed by atoms with Crippen LogP contribution in [0.1, 0.15) is 363 Å². The molecule has 0 amide bonds. The van der Waals surface area contributed by atoms with Gasteiger partial charge in [-0.05, 0) is 90.9 Å². The predicted octanol–water partition coefficient (Wildman–Crippen LogP) is 22.2. The van der Waals surface area contributed by atoms with Crippen molar-refractivity contribution in [3.05, 3.63) is 0 Å². The first-order chi connectivity index (χ1) is 32.6. The van der Waals surface area contributed by atoms with Crippen LogP contribution in [0.15, 0.2) is 0 Å². The predicted molar refractivity (Wildman–Crippen MR) is 304 cm³/mol. The molecule has 0 atom stereocenters. The lowest BCUT2D eigenvalue weighted by Gasteiger charge is -2.38. The number of nitrogens with zero attached hydrogens (tertiary/aromatic N) is 2. The number of quaternary nitrogens is 2. The molecule has 0 spiro atoms. The molecule has 2 nitrogen and oxygen atoms in total. The molecule has 0 saturated carbocycles. The molecule has 398 valence electrons. The summed E-state index contributed by atoms with van der Waals surface area (Å²) in [5.74, 6) is 0. The standard InChI is InChI=1S/C64H134N2/c1-7-13-17-21-25-29-35-41-47-53-59-65(11-5,60-54-48-42-36-30-26-22-18-14-8-2)63-57-51-45-39-33-34-40-46-52-58-64-66(12-6,61-55-49-43-37-31-27-23-19-15-9-3)62-56-50-44-38-32-28-24-20-16-10-4/h7-64H2,1-6H3/q+2. The maximum absolute atomic E-state index is 2.53. The fourth-order valence-electron chi connectivity index (χ4n) is 11.7. The smallest absolute Gasteiger partial charge is 0.0786 e. The van der Waals surface area contributed by atoms with E-state index in [0.29, 0.717) is 0 Å². The van der Waals surface area contributed by atoms with Gasteiger partial charge in [0.1, 0.15) is 0 Å². The Labute approximate surface area is 422 Å². The molecule has 0 aromatic rings. The van der Waals surface area contributed by atoms with Crippen LogP contribution in [-0.4, -0.2) is 61.3 Å². The highest BCUT2D eigenvalue weighted by atomic mass is 15.3. The molecule has 0 radical (unpaired) electrons. The molecule has 2 heteroatoms. The lowest BCUT2D eigenvalue weighted by atomic mass is 10.0. The van der Waals surface area contributed by atoms with E-state index in [2.05, 4.69) is 41.5 Å². The summed E-state index contributed by atoms with van der Waals surface area (Å²) in [6.07, 6.45) is 73.2. The van der Waals surface area contributed by atoms with Gasteiger partial charge in [-0.1, -0.05) is 272 Å². The summed E-state index contributed by atoms with van der Waals surface area (Å²) in [6.45, 7) is 25.9. The molecule has 0 fully saturated rings. The third-order valence-corrected chi connectivity index (χ3v) is 16.8. The van der Waals surface area contributed by atoms with E-state index in [1.165, 1.54) is 382 Å². The van der Waals surface area contributed by atoms with Crippen LogP contribution in [0.5, 0.6) is 0 Å². The number of hydrogen-bond donors (Lipinski definition) is 0. The summed E-state index contributed by atoms with van der Waals surface area (Å²) in [6, 6.07) is 0. The van der Waals surface area contributed by atoms with Crippen molar-refractivity contribution in [1.82, 2.24) is 0 Å². The largest absolute Gasteiger partial charge is 0.324 e. The Balaban J connectivity index is 4.59. The van der Waals surface area contributed by atoms with Gasteiger partial charge in [-0.25, -0.2) is 0 Å². The second-order valence-electron chi connectivity index (χ2n) is 22.9. The van der Waals surface area contributed by atoms with E-state index in [4.69, 9.17) is 0 Å². The molecule has 0 aromatic heterocycles. The zero-order valence-electron chi connectivity index (χ0n) is 47.9. The molecule has 0 aliphatic heterocycles. The number of rotatable bonds is 59. The Morgan fingerprint density at radius 3 is 0.348 bits per heavy atom. The molecule has 0 unspecified atom stereocenters. The molecule has 66 heavy (non-hydrogen) atoms. The van der Waals surface area contributed by atoms with Gasteiger partial charge < -0.3 is 8.97 Å². The Morgan fingerprint density at radius 2 is 0.242 bits per heavy atom. The minimum Gasteiger partial charge on any atom is -0.324 e. The summed E-state index contributed by atoms with van der Waals surface area (Å²) < 4.78 is 2.87. The fourth-order valence-corrected chi connectivity index (χ4v) is 11.7. The Morgan fingerprint density at radius 1 is 0.136 bits per heavy atom. The molecule has 0 rings (SSSR count). The summed E-state index contributed by atoms with van der Waals surface area (Å²) in [7, 11) is 0. The third kappa shape index (κ3) is 45.1. The van der Waals surface area contributed by atoms with Crippen molar-refractivity contribution in [3.8, 4) is 0 Å². The van der Waals surface area contributed by atoms with Crippen molar-refractivity contribution in [2.45, 2.75) is 363 Å². The molecule has 0 aliphatic carbocycles. The summed E-state index contributed by atoms with van der Waals surface area (Å²) in [4.78, 5) is 0. The van der Waals surface area contributed by atoms with Crippen LogP contribution in [0.4, 0.5) is 0 Å². The number of hydrogen-bond acceptors (Lipinski definition) is 0. The van der Waals surface area contributed by atoms with E-state index in [1.54, 1.807) is 0 Å². The molecule has 0 bridgehead atoms. The first-order valence-corrected chi connectivity index (χ1v) is 32.3. The minimum atomic E-state index is 1.37. The molecule has 0 saturated heterocycles. The van der Waals surface area contributed by atoms with E-state index >= 15 is 0 Å². The highest BCUT2D eigenvalue weighted by Crippen LogP contribution is 2.22. The van der Waals surface area contributed by atoms with E-state index < -0.39 is 0 Å². The van der Waals surface area contributed by atoms with Crippen molar-refractivity contribution >= 4 is 0 Å². The fraction of sp³-hybridized carbons (Fsp3) is 1.00. The Kier molecular flexibility index (Phi) is 54.2. The highest BCUT2D eigenvalue weighted by Gasteiger charge is 2.25. The molecule has 0 heterocycles. The highest BCUT2D eigenvalue weighted by molar-refractivity contribution is 4.57. The first kappa shape index (κ1) is 65.9. The summed E-state index contributed by atoms with van der Waals surface area (Å²) in [5, 5.41) is 0. The second-order valence-corrected chi connectivity index (χ2v) is 22.9. The molecule has 0 aliphatic rings. The second kappa shape index (κ2) is 54.3. The van der Waals surface area contributed by atoms with Gasteiger partial charge in [0.15, 0.2) is 0 Å². The summed E-state index contributed by atoms with van der Waals surface area (Å²) in [5.41, 5.74) is 0. The van der Waals surface area contributed by atoms with E-state index in [1.807, 2.05) is 0 Å². The normalized spacial score (nSPS) is 12.3. The van der Waals surface area contributed by atoms with Crippen molar-refractivity contribution < 1.29 is 8.97 Å². The van der Waals surface area contributed by atoms with Gasteiger partial charge in [0.2, 0.25) is 0 Å². The minimum absolute atomic E-state index is 1.37. The van der Waals surface area contributed by atoms with Crippen molar-refractivity contribution in [3.63, 3.8) is 0 Å². The van der Waals surface area contributed by atoms with Crippen LogP contribution in [0.3, 0.4) is 0 Å². The average Bonchev–Trinajstić information content (AvgIpc) is 3.33. The molecule has 0 N–H and O–H groups in total. The zero-order valence-corrected chi connectivity index (χ0v) is 47.9. The Bertz CT molecular complexity index is 749. The van der Waals surface area contributed by atoms with E-state index in [-0.39, 0.29) is 0 Å². The van der Waals surface area contributed by atoms with Crippen molar-refractivity contribution in [1.29, 1.82) is 0 Å².